The standard InChI is InChI=1S/C30H50O4S/c1-8-21(19(2)3)10-9-20(4)24-11-12-25-23-17-27-30(33-27)18-22(34-35(7,31)32)13-16-29(30,6)26(23)14-15-28(24,25)5/h9-10,19-27H,8,11-18H2,1-7H3/b10-9+/t20-,21-,22+,23+,24-,25+,26+,27+,28-,29-,30+/m1/s1. The van der Waals surface area contributed by atoms with Crippen LogP contribution in [0.3, 0.4) is 0 Å². The number of hydrogen-bond donors (Lipinski definition) is 0. The van der Waals surface area contributed by atoms with E-state index in [9.17, 15) is 8.42 Å². The molecule has 1 aliphatic heterocycles. The highest BCUT2D eigenvalue weighted by molar-refractivity contribution is 7.86. The normalized spacial score (nSPS) is 48.7. The monoisotopic (exact) mass is 506 g/mol. The van der Waals surface area contributed by atoms with Gasteiger partial charge in [-0.25, -0.2) is 0 Å². The van der Waals surface area contributed by atoms with Crippen LogP contribution in [-0.4, -0.2) is 32.5 Å². The van der Waals surface area contributed by atoms with E-state index in [1.807, 2.05) is 0 Å². The average molecular weight is 507 g/mol. The van der Waals surface area contributed by atoms with E-state index >= 15 is 0 Å². The second-order valence-electron chi connectivity index (χ2n) is 14.0. The number of allylic oxidation sites excluding steroid dienone is 2. The molecular weight excluding hydrogens is 456 g/mol. The summed E-state index contributed by atoms with van der Waals surface area (Å²) in [7, 11) is -3.43. The molecule has 0 amide bonds. The Morgan fingerprint density at radius 3 is 2.43 bits per heavy atom. The summed E-state index contributed by atoms with van der Waals surface area (Å²) in [5.74, 6) is 5.10. The maximum Gasteiger partial charge on any atom is 0.264 e. The summed E-state index contributed by atoms with van der Waals surface area (Å²) in [5, 5.41) is 0. The van der Waals surface area contributed by atoms with Crippen LogP contribution < -0.4 is 0 Å². The summed E-state index contributed by atoms with van der Waals surface area (Å²) in [6.45, 7) is 14.6. The Morgan fingerprint density at radius 1 is 1.03 bits per heavy atom. The maximum atomic E-state index is 11.8. The molecule has 0 N–H and O–H groups in total. The van der Waals surface area contributed by atoms with E-state index in [1.54, 1.807) is 0 Å². The van der Waals surface area contributed by atoms with Crippen molar-refractivity contribution in [1.82, 2.24) is 0 Å². The fourth-order valence-electron chi connectivity index (χ4n) is 10.2. The Balaban J connectivity index is 1.32. The summed E-state index contributed by atoms with van der Waals surface area (Å²) < 4.78 is 35.6. The lowest BCUT2D eigenvalue weighted by Gasteiger charge is -2.59. The lowest BCUT2D eigenvalue weighted by atomic mass is 9.44. The van der Waals surface area contributed by atoms with Crippen molar-refractivity contribution in [3.63, 3.8) is 0 Å². The van der Waals surface area contributed by atoms with Crippen LogP contribution in [0.4, 0.5) is 0 Å². The average Bonchev–Trinajstić information content (AvgIpc) is 3.34. The van der Waals surface area contributed by atoms with Gasteiger partial charge in [-0.05, 0) is 98.2 Å². The summed E-state index contributed by atoms with van der Waals surface area (Å²) >= 11 is 0. The fraction of sp³-hybridized carbons (Fsp3) is 0.933. The first-order chi connectivity index (χ1) is 16.3. The van der Waals surface area contributed by atoms with Crippen molar-refractivity contribution in [2.75, 3.05) is 6.26 Å². The molecule has 0 aromatic rings. The molecule has 1 heterocycles. The third-order valence-corrected chi connectivity index (χ3v) is 12.7. The first-order valence-corrected chi connectivity index (χ1v) is 16.4. The van der Waals surface area contributed by atoms with Crippen LogP contribution in [0.1, 0.15) is 99.3 Å². The molecule has 0 aromatic carbocycles. The minimum atomic E-state index is -3.43. The summed E-state index contributed by atoms with van der Waals surface area (Å²) in [6.07, 6.45) is 16.8. The van der Waals surface area contributed by atoms with E-state index in [4.69, 9.17) is 8.92 Å². The van der Waals surface area contributed by atoms with Gasteiger partial charge in [-0.15, -0.1) is 0 Å². The molecule has 4 aliphatic carbocycles. The smallest absolute Gasteiger partial charge is 0.264 e. The van der Waals surface area contributed by atoms with E-state index in [-0.39, 0.29) is 17.1 Å². The third kappa shape index (κ3) is 4.18. The Bertz CT molecular complexity index is 942. The van der Waals surface area contributed by atoms with Gasteiger partial charge in [-0.1, -0.05) is 53.7 Å². The number of hydrogen-bond acceptors (Lipinski definition) is 4. The van der Waals surface area contributed by atoms with Crippen LogP contribution >= 0.6 is 0 Å². The first-order valence-electron chi connectivity index (χ1n) is 14.6. The van der Waals surface area contributed by atoms with Crippen molar-refractivity contribution >= 4 is 10.1 Å². The van der Waals surface area contributed by atoms with Crippen molar-refractivity contribution in [2.24, 2.45) is 52.3 Å². The molecule has 35 heavy (non-hydrogen) atoms. The molecule has 5 fully saturated rings. The van der Waals surface area contributed by atoms with Gasteiger partial charge < -0.3 is 4.74 Å². The van der Waals surface area contributed by atoms with E-state index in [2.05, 4.69) is 53.7 Å². The minimum Gasteiger partial charge on any atom is -0.365 e. The number of rotatable bonds is 7. The molecule has 0 unspecified atom stereocenters. The highest BCUT2D eigenvalue weighted by Gasteiger charge is 2.76. The Labute approximate surface area is 215 Å². The zero-order chi connectivity index (χ0) is 25.4. The molecule has 5 aliphatic rings. The van der Waals surface area contributed by atoms with E-state index in [1.165, 1.54) is 44.8 Å². The summed E-state index contributed by atoms with van der Waals surface area (Å²) in [5.41, 5.74) is 0.455. The van der Waals surface area contributed by atoms with Crippen molar-refractivity contribution in [3.8, 4) is 0 Å². The lowest BCUT2D eigenvalue weighted by Crippen LogP contribution is -2.59. The molecule has 5 rings (SSSR count). The number of ether oxygens (including phenoxy) is 1. The van der Waals surface area contributed by atoms with Gasteiger partial charge in [0, 0.05) is 11.8 Å². The molecule has 5 heteroatoms. The molecule has 1 spiro atoms. The molecule has 0 aromatic heterocycles. The summed E-state index contributed by atoms with van der Waals surface area (Å²) in [6, 6.07) is 0. The highest BCUT2D eigenvalue weighted by Crippen LogP contribution is 2.74. The van der Waals surface area contributed by atoms with Gasteiger partial charge in [0.15, 0.2) is 0 Å². The Hall–Kier alpha value is -0.390. The van der Waals surface area contributed by atoms with Gasteiger partial charge in [0.2, 0.25) is 0 Å². The van der Waals surface area contributed by atoms with E-state index in [0.29, 0.717) is 35.2 Å². The van der Waals surface area contributed by atoms with Crippen molar-refractivity contribution < 1.29 is 17.3 Å². The van der Waals surface area contributed by atoms with Crippen molar-refractivity contribution in [2.45, 2.75) is 117 Å². The lowest BCUT2D eigenvalue weighted by molar-refractivity contribution is -0.112. The molecule has 0 radical (unpaired) electrons. The van der Waals surface area contributed by atoms with Gasteiger partial charge in [-0.2, -0.15) is 8.42 Å². The van der Waals surface area contributed by atoms with Gasteiger partial charge in [-0.3, -0.25) is 4.18 Å². The predicted octanol–water partition coefficient (Wildman–Crippen LogP) is 7.00. The molecule has 4 nitrogen and oxygen atoms in total. The minimum absolute atomic E-state index is 0.143. The van der Waals surface area contributed by atoms with Gasteiger partial charge in [0.25, 0.3) is 10.1 Å². The molecule has 200 valence electrons. The largest absolute Gasteiger partial charge is 0.365 e. The number of fused-ring (bicyclic) bond motifs is 4. The zero-order valence-corrected chi connectivity index (χ0v) is 24.1. The quantitative estimate of drug-likeness (QED) is 0.212. The Morgan fingerprint density at radius 2 is 1.77 bits per heavy atom. The maximum absolute atomic E-state index is 11.8. The van der Waals surface area contributed by atoms with Crippen molar-refractivity contribution in [3.05, 3.63) is 12.2 Å². The van der Waals surface area contributed by atoms with E-state index in [0.717, 1.165) is 37.0 Å². The van der Waals surface area contributed by atoms with Crippen LogP contribution in [0.2, 0.25) is 0 Å². The topological polar surface area (TPSA) is 55.9 Å². The Kier molecular flexibility index (Phi) is 6.62. The van der Waals surface area contributed by atoms with Gasteiger partial charge in [0.1, 0.15) is 5.60 Å². The van der Waals surface area contributed by atoms with Crippen LogP contribution in [0.15, 0.2) is 12.2 Å². The zero-order valence-electron chi connectivity index (χ0n) is 23.3. The second-order valence-corrected chi connectivity index (χ2v) is 15.6. The SMILES string of the molecule is CC[C@H](/C=C/[C@@H](C)[C@H]1CC[C@H]2[C@@H]3C[C@@H]4O[C@@]45C[C@@H](OS(C)(=O)=O)CC[C@]5(C)[C@H]3CC[C@]12C)C(C)C. The summed E-state index contributed by atoms with van der Waals surface area (Å²) in [4.78, 5) is 0. The number of epoxide rings is 1. The van der Waals surface area contributed by atoms with Crippen LogP contribution in [0, 0.1) is 52.3 Å². The molecule has 0 bridgehead atoms. The molecular formula is C30H50O4S. The first kappa shape index (κ1) is 26.2. The third-order valence-electron chi connectivity index (χ3n) is 12.0. The van der Waals surface area contributed by atoms with Crippen LogP contribution in [-0.2, 0) is 19.0 Å². The molecule has 1 saturated heterocycles. The molecule has 4 saturated carbocycles. The van der Waals surface area contributed by atoms with Gasteiger partial charge >= 0.3 is 0 Å². The second kappa shape index (κ2) is 8.83. The molecule has 11 atom stereocenters. The van der Waals surface area contributed by atoms with Crippen LogP contribution in [0.25, 0.3) is 0 Å². The highest BCUT2D eigenvalue weighted by atomic mass is 32.2. The van der Waals surface area contributed by atoms with E-state index < -0.39 is 10.1 Å². The van der Waals surface area contributed by atoms with Crippen molar-refractivity contribution in [1.29, 1.82) is 0 Å². The fourth-order valence-corrected chi connectivity index (χ4v) is 10.8. The predicted molar refractivity (Wildman–Crippen MR) is 141 cm³/mol. The van der Waals surface area contributed by atoms with Gasteiger partial charge in [0.05, 0.1) is 18.5 Å². The van der Waals surface area contributed by atoms with Crippen LogP contribution in [0.5, 0.6) is 0 Å².